The van der Waals surface area contributed by atoms with Crippen molar-refractivity contribution < 1.29 is 13.2 Å². The summed E-state index contributed by atoms with van der Waals surface area (Å²) in [4.78, 5) is 17.4. The molecule has 0 spiro atoms. The van der Waals surface area contributed by atoms with Gasteiger partial charge in [-0.25, -0.2) is 13.4 Å². The zero-order valence-corrected chi connectivity index (χ0v) is 20.0. The lowest BCUT2D eigenvalue weighted by atomic mass is 10.1. The van der Waals surface area contributed by atoms with Gasteiger partial charge in [0.15, 0.2) is 9.84 Å². The number of anilines is 1. The Morgan fingerprint density at radius 1 is 1.15 bits per heavy atom. The van der Waals surface area contributed by atoms with Gasteiger partial charge in [-0.15, -0.1) is 11.3 Å². The zero-order chi connectivity index (χ0) is 23.2. The minimum Gasteiger partial charge on any atom is -0.326 e. The number of rotatable bonds is 5. The van der Waals surface area contributed by atoms with Gasteiger partial charge in [-0.05, 0) is 56.7 Å². The summed E-state index contributed by atoms with van der Waals surface area (Å²) in [6.07, 6.45) is 0.758. The number of hydrogen-bond acceptors (Lipinski definition) is 6. The molecule has 33 heavy (non-hydrogen) atoms. The van der Waals surface area contributed by atoms with Crippen LogP contribution in [0.4, 0.5) is 5.69 Å². The van der Waals surface area contributed by atoms with Gasteiger partial charge in [-0.2, -0.15) is 5.10 Å². The zero-order valence-electron chi connectivity index (χ0n) is 18.4. The molecule has 0 unspecified atom stereocenters. The van der Waals surface area contributed by atoms with Crippen molar-refractivity contribution in [3.63, 3.8) is 0 Å². The minimum absolute atomic E-state index is 0.113. The van der Waals surface area contributed by atoms with Gasteiger partial charge in [-0.3, -0.25) is 9.48 Å². The number of carbonyl (C=O) groups excluding carboxylic acids is 1. The Balaban J connectivity index is 1.28. The predicted octanol–water partition coefficient (Wildman–Crippen LogP) is 4.32. The summed E-state index contributed by atoms with van der Waals surface area (Å²) >= 11 is 1.64. The van der Waals surface area contributed by atoms with E-state index in [-0.39, 0.29) is 29.9 Å². The topological polar surface area (TPSA) is 94.0 Å². The maximum absolute atomic E-state index is 12.7. The van der Waals surface area contributed by atoms with Crippen LogP contribution in [0.25, 0.3) is 20.8 Å². The molecule has 1 fully saturated rings. The third-order valence-corrected chi connectivity index (χ3v) is 8.91. The molecule has 0 radical (unpaired) electrons. The van der Waals surface area contributed by atoms with Crippen LogP contribution in [0, 0.1) is 13.8 Å². The molecule has 1 aliphatic heterocycles. The molecular weight excluding hydrogens is 456 g/mol. The average Bonchev–Trinajstić information content (AvgIpc) is 3.45. The van der Waals surface area contributed by atoms with E-state index in [4.69, 9.17) is 0 Å². The highest BCUT2D eigenvalue weighted by Crippen LogP contribution is 2.31. The highest BCUT2D eigenvalue weighted by Gasteiger charge is 2.31. The van der Waals surface area contributed by atoms with Gasteiger partial charge < -0.3 is 5.32 Å². The molecule has 5 rings (SSSR count). The largest absolute Gasteiger partial charge is 0.326 e. The fraction of sp³-hybridized carbons (Fsp3) is 0.292. The maximum atomic E-state index is 12.7. The van der Waals surface area contributed by atoms with E-state index in [0.717, 1.165) is 43.4 Å². The number of para-hydroxylation sites is 1. The first-order valence-electron chi connectivity index (χ1n) is 10.8. The normalized spacial score (nSPS) is 17.5. The summed E-state index contributed by atoms with van der Waals surface area (Å²) < 4.78 is 26.6. The van der Waals surface area contributed by atoms with Crippen LogP contribution in [0.3, 0.4) is 0 Å². The quantitative estimate of drug-likeness (QED) is 0.459. The highest BCUT2D eigenvalue weighted by atomic mass is 32.2. The Morgan fingerprint density at radius 2 is 1.91 bits per heavy atom. The van der Waals surface area contributed by atoms with Crippen LogP contribution >= 0.6 is 11.3 Å². The van der Waals surface area contributed by atoms with Crippen LogP contribution < -0.4 is 5.32 Å². The molecule has 1 amide bonds. The average molecular weight is 481 g/mol. The number of amides is 1. The van der Waals surface area contributed by atoms with Gasteiger partial charge in [0, 0.05) is 22.5 Å². The van der Waals surface area contributed by atoms with E-state index >= 15 is 0 Å². The Morgan fingerprint density at radius 3 is 2.61 bits per heavy atom. The van der Waals surface area contributed by atoms with Gasteiger partial charge in [-0.1, -0.05) is 12.1 Å². The van der Waals surface area contributed by atoms with Crippen molar-refractivity contribution >= 4 is 43.0 Å². The van der Waals surface area contributed by atoms with Crippen molar-refractivity contribution in [2.75, 3.05) is 16.8 Å². The third-order valence-electron chi connectivity index (χ3n) is 6.08. The summed E-state index contributed by atoms with van der Waals surface area (Å²) in [5, 5.41) is 8.45. The van der Waals surface area contributed by atoms with Crippen molar-refractivity contribution in [1.82, 2.24) is 14.8 Å². The second-order valence-corrected chi connectivity index (χ2v) is 11.7. The number of thiazole rings is 1. The predicted molar refractivity (Wildman–Crippen MR) is 131 cm³/mol. The van der Waals surface area contributed by atoms with E-state index < -0.39 is 9.84 Å². The Labute approximate surface area is 196 Å². The van der Waals surface area contributed by atoms with E-state index in [2.05, 4.69) is 21.5 Å². The molecule has 0 saturated carbocycles. The lowest BCUT2D eigenvalue weighted by Gasteiger charge is -2.11. The number of benzene rings is 2. The molecule has 2 aromatic heterocycles. The van der Waals surface area contributed by atoms with Crippen molar-refractivity contribution in [3.8, 4) is 10.6 Å². The SMILES string of the molecule is Cc1nn([C@H]2CCS(=O)(=O)C2)c(C)c1CC(=O)Nc1ccc(-c2nc3ccccc3s2)cc1. The Bertz CT molecular complexity index is 1420. The van der Waals surface area contributed by atoms with Crippen LogP contribution in [-0.4, -0.2) is 40.6 Å². The van der Waals surface area contributed by atoms with Crippen LogP contribution in [0.5, 0.6) is 0 Å². The number of aryl methyl sites for hydroxylation is 1. The number of fused-ring (bicyclic) bond motifs is 1. The molecule has 7 nitrogen and oxygen atoms in total. The first kappa shape index (κ1) is 21.8. The van der Waals surface area contributed by atoms with Crippen molar-refractivity contribution in [2.24, 2.45) is 0 Å². The van der Waals surface area contributed by atoms with Crippen molar-refractivity contribution in [3.05, 3.63) is 65.5 Å². The second-order valence-electron chi connectivity index (χ2n) is 8.44. The summed E-state index contributed by atoms with van der Waals surface area (Å²) in [5.41, 5.74) is 5.18. The number of nitrogens with zero attached hydrogens (tertiary/aromatic N) is 3. The summed E-state index contributed by atoms with van der Waals surface area (Å²) in [5.74, 6) is 0.174. The van der Waals surface area contributed by atoms with Gasteiger partial charge >= 0.3 is 0 Å². The highest BCUT2D eigenvalue weighted by molar-refractivity contribution is 7.91. The van der Waals surface area contributed by atoms with Crippen LogP contribution in [0.15, 0.2) is 48.5 Å². The van der Waals surface area contributed by atoms with Gasteiger partial charge in [0.25, 0.3) is 0 Å². The summed E-state index contributed by atoms with van der Waals surface area (Å²) in [6.45, 7) is 3.77. The van der Waals surface area contributed by atoms with Crippen LogP contribution in [0.1, 0.15) is 29.4 Å². The molecule has 0 aliphatic carbocycles. The molecule has 1 aliphatic rings. The monoisotopic (exact) mass is 480 g/mol. The van der Waals surface area contributed by atoms with Crippen molar-refractivity contribution in [2.45, 2.75) is 32.7 Å². The third kappa shape index (κ3) is 4.43. The first-order chi connectivity index (χ1) is 15.8. The number of sulfone groups is 1. The molecule has 0 bridgehead atoms. The molecule has 1 atom stereocenters. The van der Waals surface area contributed by atoms with E-state index in [1.807, 2.05) is 56.3 Å². The molecule has 3 heterocycles. The smallest absolute Gasteiger partial charge is 0.228 e. The molecule has 1 N–H and O–H groups in total. The molecule has 2 aromatic carbocycles. The number of carbonyl (C=O) groups is 1. The molecule has 4 aromatic rings. The van der Waals surface area contributed by atoms with E-state index in [9.17, 15) is 13.2 Å². The number of aromatic nitrogens is 3. The summed E-state index contributed by atoms with van der Waals surface area (Å²) in [7, 11) is -3.00. The van der Waals surface area contributed by atoms with Crippen molar-refractivity contribution in [1.29, 1.82) is 0 Å². The maximum Gasteiger partial charge on any atom is 0.228 e. The summed E-state index contributed by atoms with van der Waals surface area (Å²) in [6, 6.07) is 15.6. The lowest BCUT2D eigenvalue weighted by Crippen LogP contribution is -2.16. The molecular formula is C24H24N4O3S2. The van der Waals surface area contributed by atoms with Crippen LogP contribution in [-0.2, 0) is 21.1 Å². The minimum atomic E-state index is -3.00. The molecule has 9 heteroatoms. The van der Waals surface area contributed by atoms with Gasteiger partial charge in [0.1, 0.15) is 5.01 Å². The number of hydrogen-bond donors (Lipinski definition) is 1. The standard InChI is InChI=1S/C24H24N4O3S2/c1-15-20(16(2)28(27-15)19-11-12-33(30,31)14-19)13-23(29)25-18-9-7-17(8-10-18)24-26-21-5-3-4-6-22(21)32-24/h3-10,19H,11-14H2,1-2H3,(H,25,29)/t19-/m0/s1. The van der Waals surface area contributed by atoms with E-state index in [0.29, 0.717) is 6.42 Å². The van der Waals surface area contributed by atoms with E-state index in [1.165, 1.54) is 0 Å². The van der Waals surface area contributed by atoms with E-state index in [1.54, 1.807) is 16.0 Å². The van der Waals surface area contributed by atoms with Crippen LogP contribution in [0.2, 0.25) is 0 Å². The fourth-order valence-electron chi connectivity index (χ4n) is 4.33. The second kappa shape index (κ2) is 8.39. The Kier molecular flexibility index (Phi) is 5.54. The molecule has 170 valence electrons. The number of nitrogens with one attached hydrogen (secondary N) is 1. The van der Waals surface area contributed by atoms with Gasteiger partial charge in [0.2, 0.25) is 5.91 Å². The van der Waals surface area contributed by atoms with Gasteiger partial charge in [0.05, 0.1) is 39.9 Å². The fourth-order valence-corrected chi connectivity index (χ4v) is 7.00. The first-order valence-corrected chi connectivity index (χ1v) is 13.4. The lowest BCUT2D eigenvalue weighted by molar-refractivity contribution is -0.115. The Hall–Kier alpha value is -3.04. The molecule has 1 saturated heterocycles.